The van der Waals surface area contributed by atoms with Gasteiger partial charge in [-0.25, -0.2) is 0 Å². The molecule has 2 aromatic rings. The fourth-order valence-electron chi connectivity index (χ4n) is 3.08. The number of hydrogen-bond donors (Lipinski definition) is 4. The van der Waals surface area contributed by atoms with Gasteiger partial charge in [0.15, 0.2) is 0 Å². The van der Waals surface area contributed by atoms with Gasteiger partial charge in [-0.05, 0) is 44.2 Å². The largest absolute Gasteiger partial charge is 0.353 e. The molecule has 2 amide bonds. The van der Waals surface area contributed by atoms with Crippen LogP contribution in [-0.2, 0) is 0 Å². The molecule has 0 atom stereocenters. The number of benzene rings is 2. The second-order valence-corrected chi connectivity index (χ2v) is 6.35. The van der Waals surface area contributed by atoms with Crippen LogP contribution in [0, 0.1) is 0 Å². The minimum absolute atomic E-state index is 0.129. The highest BCUT2D eigenvalue weighted by Gasteiger charge is 2.19. The van der Waals surface area contributed by atoms with Crippen molar-refractivity contribution in [3.8, 4) is 0 Å². The molecule has 6 heteroatoms. The number of rotatable bonds is 6. The Morgan fingerprint density at radius 2 is 1.77 bits per heavy atom. The highest BCUT2D eigenvalue weighted by atomic mass is 16.2. The van der Waals surface area contributed by atoms with Gasteiger partial charge in [-0.2, -0.15) is 0 Å². The van der Waals surface area contributed by atoms with Crippen molar-refractivity contribution in [3.63, 3.8) is 0 Å². The molecule has 0 saturated heterocycles. The van der Waals surface area contributed by atoms with Gasteiger partial charge in [0.1, 0.15) is 0 Å². The van der Waals surface area contributed by atoms with E-state index in [-0.39, 0.29) is 11.8 Å². The first-order valence-electron chi connectivity index (χ1n) is 9.05. The third-order valence-electron chi connectivity index (χ3n) is 4.74. The van der Waals surface area contributed by atoms with Gasteiger partial charge in [-0.1, -0.05) is 12.1 Å². The number of para-hydroxylation sites is 1. The summed E-state index contributed by atoms with van der Waals surface area (Å²) in [6.07, 6.45) is 0. The summed E-state index contributed by atoms with van der Waals surface area (Å²) < 4.78 is 0. The predicted octanol–water partition coefficient (Wildman–Crippen LogP) is 1.65. The Bertz CT molecular complexity index is 815. The first kappa shape index (κ1) is 17.9. The zero-order valence-electron chi connectivity index (χ0n) is 15.2. The van der Waals surface area contributed by atoms with Crippen molar-refractivity contribution >= 4 is 28.9 Å². The van der Waals surface area contributed by atoms with Crippen molar-refractivity contribution < 1.29 is 14.5 Å². The van der Waals surface area contributed by atoms with Crippen molar-refractivity contribution in [3.05, 3.63) is 53.6 Å². The first-order chi connectivity index (χ1) is 12.6. The van der Waals surface area contributed by atoms with Gasteiger partial charge in [0, 0.05) is 5.56 Å². The van der Waals surface area contributed by atoms with Crippen LogP contribution in [-0.4, -0.2) is 38.0 Å². The molecule has 4 N–H and O–H groups in total. The van der Waals surface area contributed by atoms with Gasteiger partial charge in [0.25, 0.3) is 11.8 Å². The molecule has 0 saturated carbocycles. The summed E-state index contributed by atoms with van der Waals surface area (Å²) in [7, 11) is 0. The lowest BCUT2D eigenvalue weighted by atomic mass is 10.1. The molecule has 6 nitrogen and oxygen atoms in total. The Kier molecular flexibility index (Phi) is 5.53. The molecule has 136 valence electrons. The predicted molar refractivity (Wildman–Crippen MR) is 103 cm³/mol. The van der Waals surface area contributed by atoms with E-state index in [1.54, 1.807) is 18.2 Å². The molecular weight excluding hydrogens is 328 g/mol. The number of anilines is 3. The third-order valence-corrected chi connectivity index (χ3v) is 4.74. The fraction of sp³-hybridized carbons (Fsp3) is 0.300. The molecule has 26 heavy (non-hydrogen) atoms. The summed E-state index contributed by atoms with van der Waals surface area (Å²) >= 11 is 0. The summed E-state index contributed by atoms with van der Waals surface area (Å²) in [6.45, 7) is 7.90. The van der Waals surface area contributed by atoms with Crippen molar-refractivity contribution in [1.82, 2.24) is 5.32 Å². The van der Waals surface area contributed by atoms with Crippen LogP contribution < -0.4 is 20.9 Å². The molecule has 0 bridgehead atoms. The van der Waals surface area contributed by atoms with Crippen LogP contribution in [0.2, 0.25) is 0 Å². The molecule has 1 heterocycles. The van der Waals surface area contributed by atoms with Crippen LogP contribution in [0.1, 0.15) is 34.6 Å². The molecule has 3 rings (SSSR count). The Morgan fingerprint density at radius 1 is 1.00 bits per heavy atom. The minimum atomic E-state index is -0.186. The standard InChI is InChI=1S/C20H24N4O2/c1-3-24(4-2)12-11-21-19(25)14-9-10-17-18(13-14)23-20(26)15-7-5-6-8-16(15)22-17/h5-10,13,22H,3-4,11-12H2,1-2H3,(H,21,25)(H,23,26)/p+1. The SMILES string of the molecule is CC[NH+](CC)CCNC(=O)c1ccc2c(c1)NC(=O)c1ccccc1N2. The van der Waals surface area contributed by atoms with Crippen LogP contribution in [0.15, 0.2) is 42.5 Å². The average molecular weight is 353 g/mol. The summed E-state index contributed by atoms with van der Waals surface area (Å²) in [6, 6.07) is 12.6. The zero-order chi connectivity index (χ0) is 18.5. The number of amides is 2. The highest BCUT2D eigenvalue weighted by molar-refractivity contribution is 6.12. The van der Waals surface area contributed by atoms with E-state index in [0.29, 0.717) is 23.4 Å². The van der Waals surface area contributed by atoms with Crippen LogP contribution in [0.3, 0.4) is 0 Å². The average Bonchev–Trinajstić information content (AvgIpc) is 2.80. The number of carbonyl (C=O) groups excluding carboxylic acids is 2. The minimum Gasteiger partial charge on any atom is -0.353 e. The Labute approximate surface area is 153 Å². The lowest BCUT2D eigenvalue weighted by Gasteiger charge is -2.16. The Morgan fingerprint density at radius 3 is 2.54 bits per heavy atom. The van der Waals surface area contributed by atoms with E-state index in [4.69, 9.17) is 0 Å². The normalized spacial score (nSPS) is 12.5. The zero-order valence-corrected chi connectivity index (χ0v) is 15.2. The van der Waals surface area contributed by atoms with E-state index < -0.39 is 0 Å². The summed E-state index contributed by atoms with van der Waals surface area (Å²) in [5, 5.41) is 9.09. The number of quaternary nitrogens is 1. The molecule has 1 aliphatic heterocycles. The topological polar surface area (TPSA) is 74.7 Å². The molecule has 1 aliphatic rings. The Hall–Kier alpha value is -2.86. The maximum absolute atomic E-state index is 12.4. The van der Waals surface area contributed by atoms with Crippen molar-refractivity contribution in [1.29, 1.82) is 0 Å². The number of nitrogens with one attached hydrogen (secondary N) is 4. The third kappa shape index (κ3) is 3.86. The number of carbonyl (C=O) groups is 2. The number of fused-ring (bicyclic) bond motifs is 2. The van der Waals surface area contributed by atoms with Crippen LogP contribution in [0.25, 0.3) is 0 Å². The summed E-state index contributed by atoms with van der Waals surface area (Å²) in [4.78, 5) is 26.3. The van der Waals surface area contributed by atoms with E-state index in [9.17, 15) is 9.59 Å². The molecule has 0 aromatic heterocycles. The molecule has 0 unspecified atom stereocenters. The van der Waals surface area contributed by atoms with E-state index in [2.05, 4.69) is 29.8 Å². The molecule has 0 aliphatic carbocycles. The van der Waals surface area contributed by atoms with E-state index in [1.165, 1.54) is 4.90 Å². The molecule has 0 spiro atoms. The van der Waals surface area contributed by atoms with Crippen LogP contribution in [0.5, 0.6) is 0 Å². The van der Waals surface area contributed by atoms with Crippen molar-refractivity contribution in [2.75, 3.05) is 36.8 Å². The van der Waals surface area contributed by atoms with Gasteiger partial charge in [0.2, 0.25) is 0 Å². The van der Waals surface area contributed by atoms with Crippen LogP contribution >= 0.6 is 0 Å². The smallest absolute Gasteiger partial charge is 0.257 e. The van der Waals surface area contributed by atoms with Crippen LogP contribution in [0.4, 0.5) is 17.1 Å². The summed E-state index contributed by atoms with van der Waals surface area (Å²) in [5.74, 6) is -0.315. The number of likely N-dealkylation sites (N-methyl/N-ethyl adjacent to an activating group) is 1. The quantitative estimate of drug-likeness (QED) is 0.638. The monoisotopic (exact) mass is 353 g/mol. The van der Waals surface area contributed by atoms with Gasteiger partial charge < -0.3 is 20.9 Å². The second kappa shape index (κ2) is 8.01. The molecule has 0 radical (unpaired) electrons. The van der Waals surface area contributed by atoms with Crippen molar-refractivity contribution in [2.24, 2.45) is 0 Å². The highest BCUT2D eigenvalue weighted by Crippen LogP contribution is 2.32. The van der Waals surface area contributed by atoms with Crippen molar-refractivity contribution in [2.45, 2.75) is 13.8 Å². The molecular formula is C20H25N4O2+. The fourth-order valence-corrected chi connectivity index (χ4v) is 3.08. The van der Waals surface area contributed by atoms with E-state index in [0.717, 1.165) is 31.0 Å². The summed E-state index contributed by atoms with van der Waals surface area (Å²) in [5.41, 5.74) is 3.24. The van der Waals surface area contributed by atoms with Gasteiger partial charge in [-0.3, -0.25) is 9.59 Å². The van der Waals surface area contributed by atoms with Gasteiger partial charge >= 0.3 is 0 Å². The number of hydrogen-bond acceptors (Lipinski definition) is 3. The van der Waals surface area contributed by atoms with Gasteiger partial charge in [-0.15, -0.1) is 0 Å². The lowest BCUT2D eigenvalue weighted by molar-refractivity contribution is -0.895. The first-order valence-corrected chi connectivity index (χ1v) is 9.05. The second-order valence-electron chi connectivity index (χ2n) is 6.35. The Balaban J connectivity index is 1.72. The lowest BCUT2D eigenvalue weighted by Crippen LogP contribution is -3.12. The maximum atomic E-state index is 12.4. The maximum Gasteiger partial charge on any atom is 0.257 e. The van der Waals surface area contributed by atoms with E-state index in [1.807, 2.05) is 24.3 Å². The molecule has 2 aromatic carbocycles. The molecule has 0 fully saturated rings. The van der Waals surface area contributed by atoms with E-state index >= 15 is 0 Å². The van der Waals surface area contributed by atoms with Gasteiger partial charge in [0.05, 0.1) is 48.8 Å².